The second-order valence-corrected chi connectivity index (χ2v) is 6.28. The van der Waals surface area contributed by atoms with Gasteiger partial charge in [0.2, 0.25) is 0 Å². The van der Waals surface area contributed by atoms with E-state index in [1.54, 1.807) is 23.1 Å². The molecule has 0 bridgehead atoms. The molecule has 0 N–H and O–H groups in total. The lowest BCUT2D eigenvalue weighted by molar-refractivity contribution is 0.0752. The van der Waals surface area contributed by atoms with Crippen molar-refractivity contribution in [2.45, 2.75) is 13.5 Å². The summed E-state index contributed by atoms with van der Waals surface area (Å²) < 4.78 is 0.717. The van der Waals surface area contributed by atoms with E-state index in [0.717, 1.165) is 5.56 Å². The van der Waals surface area contributed by atoms with Gasteiger partial charge in [0.25, 0.3) is 5.91 Å². The number of rotatable bonds is 4. The maximum absolute atomic E-state index is 12.6. The van der Waals surface area contributed by atoms with Crippen molar-refractivity contribution in [2.75, 3.05) is 6.54 Å². The lowest BCUT2D eigenvalue weighted by Gasteiger charge is -2.21. The van der Waals surface area contributed by atoms with Crippen molar-refractivity contribution in [3.8, 4) is 0 Å². The zero-order valence-corrected chi connectivity index (χ0v) is 14.5. The third kappa shape index (κ3) is 4.22. The molecule has 0 fully saturated rings. The third-order valence-corrected chi connectivity index (χ3v) is 4.55. The largest absolute Gasteiger partial charge is 0.335 e. The summed E-state index contributed by atoms with van der Waals surface area (Å²) in [5, 5.41) is 1.26. The molecule has 0 aliphatic rings. The quantitative estimate of drug-likeness (QED) is 0.687. The molecule has 2 aromatic carbocycles. The van der Waals surface area contributed by atoms with Crippen LogP contribution in [0.25, 0.3) is 0 Å². The van der Waals surface area contributed by atoms with Crippen molar-refractivity contribution in [1.29, 1.82) is 0 Å². The van der Waals surface area contributed by atoms with E-state index in [4.69, 9.17) is 23.2 Å². The highest BCUT2D eigenvalue weighted by Crippen LogP contribution is 2.24. The van der Waals surface area contributed by atoms with Gasteiger partial charge in [-0.15, -0.1) is 0 Å². The average Bonchev–Trinajstić information content (AvgIpc) is 2.47. The number of hydrogen-bond donors (Lipinski definition) is 0. The van der Waals surface area contributed by atoms with Crippen LogP contribution in [0, 0.1) is 0 Å². The van der Waals surface area contributed by atoms with Gasteiger partial charge in [0.05, 0.1) is 5.02 Å². The molecule has 2 rings (SSSR count). The molecule has 1 amide bonds. The molecule has 21 heavy (non-hydrogen) atoms. The maximum Gasteiger partial charge on any atom is 0.254 e. The van der Waals surface area contributed by atoms with Crippen LogP contribution in [0.4, 0.5) is 0 Å². The van der Waals surface area contributed by atoms with E-state index >= 15 is 0 Å². The van der Waals surface area contributed by atoms with E-state index in [-0.39, 0.29) is 5.91 Å². The molecule has 110 valence electrons. The molecular formula is C16H14BrCl2NO. The number of carbonyl (C=O) groups excluding carboxylic acids is 1. The van der Waals surface area contributed by atoms with Gasteiger partial charge >= 0.3 is 0 Å². The summed E-state index contributed by atoms with van der Waals surface area (Å²) in [7, 11) is 0. The Hall–Kier alpha value is -1.03. The molecule has 0 aliphatic heterocycles. The van der Waals surface area contributed by atoms with Gasteiger partial charge in [0.1, 0.15) is 0 Å². The number of benzene rings is 2. The Labute approximate surface area is 142 Å². The molecule has 0 atom stereocenters. The van der Waals surface area contributed by atoms with Crippen LogP contribution in [-0.2, 0) is 6.54 Å². The molecule has 0 saturated heterocycles. The van der Waals surface area contributed by atoms with E-state index in [2.05, 4.69) is 15.9 Å². The smallest absolute Gasteiger partial charge is 0.254 e. The van der Waals surface area contributed by atoms with Crippen LogP contribution in [0.2, 0.25) is 10.0 Å². The van der Waals surface area contributed by atoms with Gasteiger partial charge in [-0.1, -0.05) is 35.3 Å². The van der Waals surface area contributed by atoms with Gasteiger partial charge in [0.15, 0.2) is 0 Å². The van der Waals surface area contributed by atoms with Crippen LogP contribution in [0.3, 0.4) is 0 Å². The summed E-state index contributed by atoms with van der Waals surface area (Å²) in [4.78, 5) is 14.3. The molecule has 2 nitrogen and oxygen atoms in total. The molecule has 0 unspecified atom stereocenters. The molecule has 0 heterocycles. The molecule has 0 aromatic heterocycles. The lowest BCUT2D eigenvalue weighted by Crippen LogP contribution is -2.30. The zero-order chi connectivity index (χ0) is 15.4. The Bertz CT molecular complexity index is 660. The summed E-state index contributed by atoms with van der Waals surface area (Å²) >= 11 is 15.3. The van der Waals surface area contributed by atoms with Crippen molar-refractivity contribution in [3.05, 3.63) is 68.1 Å². The number of carbonyl (C=O) groups is 1. The van der Waals surface area contributed by atoms with Crippen molar-refractivity contribution in [2.24, 2.45) is 0 Å². The van der Waals surface area contributed by atoms with Gasteiger partial charge in [0, 0.05) is 28.1 Å². The van der Waals surface area contributed by atoms with Crippen molar-refractivity contribution < 1.29 is 4.79 Å². The molecule has 5 heteroatoms. The monoisotopic (exact) mass is 385 g/mol. The normalized spacial score (nSPS) is 10.5. The van der Waals surface area contributed by atoms with Gasteiger partial charge in [-0.2, -0.15) is 0 Å². The van der Waals surface area contributed by atoms with Crippen molar-refractivity contribution in [1.82, 2.24) is 4.90 Å². The fourth-order valence-corrected chi connectivity index (χ4v) is 2.70. The number of nitrogens with zero attached hydrogens (tertiary/aromatic N) is 1. The fraction of sp³-hybridized carbons (Fsp3) is 0.188. The Morgan fingerprint density at radius 2 is 1.95 bits per heavy atom. The predicted molar refractivity (Wildman–Crippen MR) is 91.0 cm³/mol. The second kappa shape index (κ2) is 7.30. The topological polar surface area (TPSA) is 20.3 Å². The third-order valence-electron chi connectivity index (χ3n) is 3.10. The zero-order valence-electron chi connectivity index (χ0n) is 11.4. The second-order valence-electron chi connectivity index (χ2n) is 4.58. The minimum atomic E-state index is -0.0326. The molecule has 0 radical (unpaired) electrons. The first-order chi connectivity index (χ1) is 10.0. The van der Waals surface area contributed by atoms with E-state index in [1.165, 1.54) is 0 Å². The number of halogens is 3. The summed E-state index contributed by atoms with van der Waals surface area (Å²) in [6, 6.07) is 12.7. The Morgan fingerprint density at radius 3 is 2.57 bits per heavy atom. The van der Waals surface area contributed by atoms with E-state index < -0.39 is 0 Å². The minimum Gasteiger partial charge on any atom is -0.335 e. The van der Waals surface area contributed by atoms with Crippen LogP contribution in [0.15, 0.2) is 46.9 Å². The molecule has 2 aromatic rings. The highest BCUT2D eigenvalue weighted by atomic mass is 79.9. The molecule has 0 aliphatic carbocycles. The first-order valence-electron chi connectivity index (χ1n) is 6.50. The standard InChI is InChI=1S/C16H14BrCl2NO/c1-2-20(10-11-4-3-5-13(18)8-11)16(21)12-6-7-15(19)14(17)9-12/h3-9H,2,10H2,1H3. The van der Waals surface area contributed by atoms with E-state index in [0.29, 0.717) is 33.2 Å². The van der Waals surface area contributed by atoms with Gasteiger partial charge in [-0.25, -0.2) is 0 Å². The Kier molecular flexibility index (Phi) is 5.68. The Balaban J connectivity index is 2.20. The molecular weight excluding hydrogens is 373 g/mol. The number of amides is 1. The first-order valence-corrected chi connectivity index (χ1v) is 8.05. The van der Waals surface area contributed by atoms with E-state index in [1.807, 2.05) is 31.2 Å². The van der Waals surface area contributed by atoms with Crippen LogP contribution in [0.1, 0.15) is 22.8 Å². The Morgan fingerprint density at radius 1 is 1.19 bits per heavy atom. The van der Waals surface area contributed by atoms with Crippen LogP contribution in [-0.4, -0.2) is 17.4 Å². The summed E-state index contributed by atoms with van der Waals surface area (Å²) in [6.07, 6.45) is 0. The summed E-state index contributed by atoms with van der Waals surface area (Å²) in [6.45, 7) is 3.09. The average molecular weight is 387 g/mol. The minimum absolute atomic E-state index is 0.0326. The SMILES string of the molecule is CCN(Cc1cccc(Cl)c1)C(=O)c1ccc(Cl)c(Br)c1. The highest BCUT2D eigenvalue weighted by molar-refractivity contribution is 9.10. The predicted octanol–water partition coefficient (Wildman–Crippen LogP) is 5.42. The first kappa shape index (κ1) is 16.3. The van der Waals surface area contributed by atoms with Gasteiger partial charge in [-0.05, 0) is 58.7 Å². The molecule has 0 spiro atoms. The van der Waals surface area contributed by atoms with Crippen LogP contribution < -0.4 is 0 Å². The maximum atomic E-state index is 12.6. The summed E-state index contributed by atoms with van der Waals surface area (Å²) in [5.74, 6) is -0.0326. The number of hydrogen-bond acceptors (Lipinski definition) is 1. The van der Waals surface area contributed by atoms with Crippen molar-refractivity contribution >= 4 is 45.0 Å². The molecule has 0 saturated carbocycles. The van der Waals surface area contributed by atoms with Gasteiger partial charge < -0.3 is 4.90 Å². The van der Waals surface area contributed by atoms with Crippen LogP contribution >= 0.6 is 39.1 Å². The van der Waals surface area contributed by atoms with E-state index in [9.17, 15) is 4.79 Å². The summed E-state index contributed by atoms with van der Waals surface area (Å²) in [5.41, 5.74) is 1.61. The van der Waals surface area contributed by atoms with Crippen molar-refractivity contribution in [3.63, 3.8) is 0 Å². The van der Waals surface area contributed by atoms with Crippen LogP contribution in [0.5, 0.6) is 0 Å². The van der Waals surface area contributed by atoms with Gasteiger partial charge in [-0.3, -0.25) is 4.79 Å². The highest BCUT2D eigenvalue weighted by Gasteiger charge is 2.15. The lowest BCUT2D eigenvalue weighted by atomic mass is 10.1. The fourth-order valence-electron chi connectivity index (χ4n) is 1.99.